The largest absolute Gasteiger partial charge is 0.337 e. The van der Waals surface area contributed by atoms with E-state index in [4.69, 9.17) is 17.3 Å². The van der Waals surface area contributed by atoms with Gasteiger partial charge >= 0.3 is 0 Å². The molecule has 1 fully saturated rings. The van der Waals surface area contributed by atoms with Gasteiger partial charge in [-0.1, -0.05) is 18.5 Å². The third kappa shape index (κ3) is 2.45. The number of nitrogens with two attached hydrogens (primary N) is 1. The van der Waals surface area contributed by atoms with Crippen molar-refractivity contribution in [2.45, 2.75) is 19.9 Å². The number of benzene rings is 1. The minimum atomic E-state index is 0.0546. The molecule has 0 aromatic heterocycles. The molecule has 1 heterocycles. The fraction of sp³-hybridized carbons (Fsp3) is 0.462. The minimum absolute atomic E-state index is 0.0546. The number of hydrogen-bond acceptors (Lipinski definition) is 2. The van der Waals surface area contributed by atoms with E-state index in [-0.39, 0.29) is 11.9 Å². The van der Waals surface area contributed by atoms with Gasteiger partial charge in [0, 0.05) is 29.7 Å². The molecule has 1 aliphatic rings. The van der Waals surface area contributed by atoms with Crippen LogP contribution < -0.4 is 5.73 Å². The van der Waals surface area contributed by atoms with Crippen LogP contribution in [0.25, 0.3) is 0 Å². The van der Waals surface area contributed by atoms with Gasteiger partial charge in [-0.05, 0) is 36.6 Å². The lowest BCUT2D eigenvalue weighted by Gasteiger charge is -2.17. The van der Waals surface area contributed by atoms with Crippen molar-refractivity contribution in [3.63, 3.8) is 0 Å². The molecule has 2 atom stereocenters. The van der Waals surface area contributed by atoms with Gasteiger partial charge in [-0.3, -0.25) is 4.79 Å². The van der Waals surface area contributed by atoms with Crippen LogP contribution in [0.5, 0.6) is 0 Å². The van der Waals surface area contributed by atoms with Gasteiger partial charge in [0.15, 0.2) is 0 Å². The highest BCUT2D eigenvalue weighted by atomic mass is 35.5. The molecule has 0 radical (unpaired) electrons. The molecule has 92 valence electrons. The monoisotopic (exact) mass is 252 g/mol. The Hall–Kier alpha value is -1.06. The van der Waals surface area contributed by atoms with Gasteiger partial charge in [-0.15, -0.1) is 0 Å². The maximum Gasteiger partial charge on any atom is 0.254 e. The van der Waals surface area contributed by atoms with Crippen LogP contribution in [0.1, 0.15) is 22.8 Å². The van der Waals surface area contributed by atoms with Gasteiger partial charge in [0.1, 0.15) is 0 Å². The number of nitrogens with zero attached hydrogens (tertiary/aromatic N) is 1. The maximum atomic E-state index is 12.3. The molecular weight excluding hydrogens is 236 g/mol. The van der Waals surface area contributed by atoms with E-state index in [2.05, 4.69) is 6.92 Å². The van der Waals surface area contributed by atoms with E-state index in [0.717, 1.165) is 17.7 Å². The lowest BCUT2D eigenvalue weighted by Crippen LogP contribution is -2.32. The summed E-state index contributed by atoms with van der Waals surface area (Å²) in [7, 11) is 0. The predicted molar refractivity (Wildman–Crippen MR) is 69.2 cm³/mol. The molecule has 0 aliphatic carbocycles. The third-order valence-corrected chi connectivity index (χ3v) is 3.61. The van der Waals surface area contributed by atoms with E-state index >= 15 is 0 Å². The standard InChI is InChI=1S/C13H17ClN2O/c1-8-5-10(14)3-4-11(8)13(17)16-6-9(2)12(15)7-16/h3-5,9,12H,6-7,15H2,1-2H3. The van der Waals surface area contributed by atoms with E-state index in [1.54, 1.807) is 12.1 Å². The lowest BCUT2D eigenvalue weighted by molar-refractivity contribution is 0.0786. The van der Waals surface area contributed by atoms with E-state index in [0.29, 0.717) is 17.5 Å². The Balaban J connectivity index is 2.20. The zero-order valence-corrected chi connectivity index (χ0v) is 10.9. The normalized spacial score (nSPS) is 24.1. The molecule has 2 rings (SSSR count). The van der Waals surface area contributed by atoms with Crippen LogP contribution >= 0.6 is 11.6 Å². The van der Waals surface area contributed by atoms with Crippen LogP contribution in [0.2, 0.25) is 5.02 Å². The first-order valence-corrected chi connectivity index (χ1v) is 6.18. The topological polar surface area (TPSA) is 46.3 Å². The molecule has 3 nitrogen and oxygen atoms in total. The minimum Gasteiger partial charge on any atom is -0.337 e. The number of aryl methyl sites for hydroxylation is 1. The SMILES string of the molecule is Cc1cc(Cl)ccc1C(=O)N1CC(C)C(N)C1. The summed E-state index contributed by atoms with van der Waals surface area (Å²) in [6.45, 7) is 5.36. The van der Waals surface area contributed by atoms with Crippen LogP contribution in [-0.4, -0.2) is 29.9 Å². The Morgan fingerprint density at radius 2 is 2.18 bits per heavy atom. The Morgan fingerprint density at radius 3 is 2.71 bits per heavy atom. The Kier molecular flexibility index (Phi) is 3.40. The van der Waals surface area contributed by atoms with Crippen molar-refractivity contribution in [2.75, 3.05) is 13.1 Å². The Labute approximate surface area is 107 Å². The van der Waals surface area contributed by atoms with Gasteiger partial charge in [0.25, 0.3) is 5.91 Å². The zero-order chi connectivity index (χ0) is 12.6. The smallest absolute Gasteiger partial charge is 0.254 e. The maximum absolute atomic E-state index is 12.3. The first-order chi connectivity index (χ1) is 7.99. The van der Waals surface area contributed by atoms with Gasteiger partial charge in [0.2, 0.25) is 0 Å². The number of rotatable bonds is 1. The highest BCUT2D eigenvalue weighted by Crippen LogP contribution is 2.21. The van der Waals surface area contributed by atoms with Crippen molar-refractivity contribution in [3.05, 3.63) is 34.3 Å². The fourth-order valence-corrected chi connectivity index (χ4v) is 2.42. The second kappa shape index (κ2) is 4.67. The molecule has 1 saturated heterocycles. The molecule has 1 amide bonds. The molecule has 17 heavy (non-hydrogen) atoms. The number of halogens is 1. The van der Waals surface area contributed by atoms with Crippen LogP contribution in [-0.2, 0) is 0 Å². The molecule has 1 aliphatic heterocycles. The van der Waals surface area contributed by atoms with Crippen molar-refractivity contribution >= 4 is 17.5 Å². The summed E-state index contributed by atoms with van der Waals surface area (Å²) in [4.78, 5) is 14.1. The van der Waals surface area contributed by atoms with Crippen LogP contribution in [0.15, 0.2) is 18.2 Å². The summed E-state index contributed by atoms with van der Waals surface area (Å²) in [5.74, 6) is 0.422. The van der Waals surface area contributed by atoms with E-state index < -0.39 is 0 Å². The predicted octanol–water partition coefficient (Wildman–Crippen LogP) is 2.07. The van der Waals surface area contributed by atoms with Gasteiger partial charge < -0.3 is 10.6 Å². The fourth-order valence-electron chi connectivity index (χ4n) is 2.20. The van der Waals surface area contributed by atoms with Crippen molar-refractivity contribution in [3.8, 4) is 0 Å². The second-order valence-corrected chi connectivity index (χ2v) is 5.25. The molecule has 2 N–H and O–H groups in total. The number of amides is 1. The van der Waals surface area contributed by atoms with Crippen molar-refractivity contribution < 1.29 is 4.79 Å². The number of carbonyl (C=O) groups is 1. The molecule has 0 bridgehead atoms. The molecule has 0 spiro atoms. The van der Waals surface area contributed by atoms with Crippen LogP contribution in [0.3, 0.4) is 0 Å². The summed E-state index contributed by atoms with van der Waals surface area (Å²) >= 11 is 5.88. The molecule has 0 saturated carbocycles. The highest BCUT2D eigenvalue weighted by Gasteiger charge is 2.30. The summed E-state index contributed by atoms with van der Waals surface area (Å²) in [6, 6.07) is 5.44. The van der Waals surface area contributed by atoms with E-state index in [1.807, 2.05) is 17.9 Å². The third-order valence-electron chi connectivity index (χ3n) is 3.38. The Morgan fingerprint density at radius 1 is 1.47 bits per heavy atom. The number of hydrogen-bond donors (Lipinski definition) is 1. The summed E-state index contributed by atoms with van der Waals surface area (Å²) < 4.78 is 0. The van der Waals surface area contributed by atoms with Crippen molar-refractivity contribution in [1.29, 1.82) is 0 Å². The van der Waals surface area contributed by atoms with Gasteiger partial charge in [-0.2, -0.15) is 0 Å². The van der Waals surface area contributed by atoms with E-state index in [1.165, 1.54) is 0 Å². The lowest BCUT2D eigenvalue weighted by atomic mass is 10.1. The zero-order valence-electron chi connectivity index (χ0n) is 10.1. The van der Waals surface area contributed by atoms with Crippen molar-refractivity contribution in [2.24, 2.45) is 11.7 Å². The van der Waals surface area contributed by atoms with E-state index in [9.17, 15) is 4.79 Å². The van der Waals surface area contributed by atoms with Gasteiger partial charge in [0.05, 0.1) is 0 Å². The molecular formula is C13H17ClN2O. The average Bonchev–Trinajstić information content (AvgIpc) is 2.58. The molecule has 4 heteroatoms. The highest BCUT2D eigenvalue weighted by molar-refractivity contribution is 6.30. The second-order valence-electron chi connectivity index (χ2n) is 4.81. The van der Waals surface area contributed by atoms with Gasteiger partial charge in [-0.25, -0.2) is 0 Å². The average molecular weight is 253 g/mol. The Bertz CT molecular complexity index is 437. The molecule has 1 aromatic rings. The number of carbonyl (C=O) groups excluding carboxylic acids is 1. The molecule has 1 aromatic carbocycles. The quantitative estimate of drug-likeness (QED) is 0.832. The first kappa shape index (κ1) is 12.4. The van der Waals surface area contributed by atoms with Crippen LogP contribution in [0.4, 0.5) is 0 Å². The molecule has 2 unspecified atom stereocenters. The number of likely N-dealkylation sites (tertiary alicyclic amines) is 1. The van der Waals surface area contributed by atoms with Crippen molar-refractivity contribution in [1.82, 2.24) is 4.90 Å². The summed E-state index contributed by atoms with van der Waals surface area (Å²) in [5, 5.41) is 0.658. The first-order valence-electron chi connectivity index (χ1n) is 5.80. The summed E-state index contributed by atoms with van der Waals surface area (Å²) in [6.07, 6.45) is 0. The summed E-state index contributed by atoms with van der Waals surface area (Å²) in [5.41, 5.74) is 7.56. The van der Waals surface area contributed by atoms with Crippen LogP contribution in [0, 0.1) is 12.8 Å².